The summed E-state index contributed by atoms with van der Waals surface area (Å²) in [7, 11) is 0. The molecule has 0 amide bonds. The standard InChI is InChI=1S/C16H33.C4H8O.BrH.Mg/c1-3-5-7-9-11-13-15-16-14-12-10-8-6-4-2;1-2-4-5-3-1;;/h1,3-16H2,2H3;1-4H2;1H;/q;;;+1/p-1. The first-order valence-corrected chi connectivity index (χ1v) is 11.3. The average molecular weight is 402 g/mol. The van der Waals surface area contributed by atoms with Crippen LogP contribution >= 0.6 is 0 Å². The molecule has 0 spiro atoms. The van der Waals surface area contributed by atoms with Gasteiger partial charge in [0.1, 0.15) is 0 Å². The maximum Gasteiger partial charge on any atom is -1.00 e. The van der Waals surface area contributed by atoms with Gasteiger partial charge in [0.2, 0.25) is 0 Å². The molecule has 0 unspecified atom stereocenters. The van der Waals surface area contributed by atoms with Crippen molar-refractivity contribution in [3.8, 4) is 0 Å². The topological polar surface area (TPSA) is 9.23 Å². The van der Waals surface area contributed by atoms with E-state index in [-0.39, 0.29) is 17.0 Å². The Morgan fingerprint density at radius 1 is 0.609 bits per heavy atom. The Morgan fingerprint density at radius 2 is 0.957 bits per heavy atom. The molecule has 1 nitrogen and oxygen atoms in total. The fourth-order valence-electron chi connectivity index (χ4n) is 2.88. The number of unbranched alkanes of at least 4 members (excludes halogenated alkanes) is 13. The third-order valence-electron chi connectivity index (χ3n) is 4.43. The van der Waals surface area contributed by atoms with E-state index in [0.717, 1.165) is 13.2 Å². The Balaban J connectivity index is 0. The number of halogens is 1. The Labute approximate surface area is 170 Å². The molecule has 0 saturated carbocycles. The predicted octanol–water partition coefficient (Wildman–Crippen LogP) is 3.86. The van der Waals surface area contributed by atoms with Crippen LogP contribution in [-0.2, 0) is 4.74 Å². The molecule has 1 rings (SSSR count). The molecule has 3 heteroatoms. The van der Waals surface area contributed by atoms with Crippen molar-refractivity contribution in [2.75, 3.05) is 13.2 Å². The molecule has 1 aliphatic heterocycles. The molecule has 1 fully saturated rings. The van der Waals surface area contributed by atoms with Crippen LogP contribution in [0.15, 0.2) is 0 Å². The minimum absolute atomic E-state index is 0. The summed E-state index contributed by atoms with van der Waals surface area (Å²) in [6, 6.07) is 0. The molecule has 0 atom stereocenters. The normalized spacial score (nSPS) is 13.3. The van der Waals surface area contributed by atoms with E-state index in [0.29, 0.717) is 0 Å². The van der Waals surface area contributed by atoms with Gasteiger partial charge in [0.15, 0.2) is 0 Å². The number of rotatable bonds is 14. The minimum atomic E-state index is 0. The molecule has 0 aromatic carbocycles. The maximum absolute atomic E-state index is 4.94. The van der Waals surface area contributed by atoms with Crippen molar-refractivity contribution in [1.82, 2.24) is 0 Å². The first kappa shape index (κ1) is 26.4. The van der Waals surface area contributed by atoms with Crippen LogP contribution < -0.4 is 17.0 Å². The van der Waals surface area contributed by atoms with Crippen LogP contribution in [0.4, 0.5) is 0 Å². The van der Waals surface area contributed by atoms with Gasteiger partial charge in [-0.1, -0.05) is 26.2 Å². The summed E-state index contributed by atoms with van der Waals surface area (Å²) in [5, 5.41) is 0. The fraction of sp³-hybridized carbons (Fsp3) is 1.00. The largest absolute Gasteiger partial charge is 1.00 e. The van der Waals surface area contributed by atoms with Gasteiger partial charge in [0.05, 0.1) is 0 Å². The van der Waals surface area contributed by atoms with Crippen LogP contribution in [0, 0.1) is 0 Å². The van der Waals surface area contributed by atoms with Crippen molar-refractivity contribution in [2.24, 2.45) is 0 Å². The second kappa shape index (κ2) is 25.4. The van der Waals surface area contributed by atoms with Crippen molar-refractivity contribution < 1.29 is 21.7 Å². The van der Waals surface area contributed by atoms with E-state index in [1.807, 2.05) is 0 Å². The van der Waals surface area contributed by atoms with E-state index in [1.165, 1.54) is 107 Å². The molecule has 1 heterocycles. The fourth-order valence-corrected chi connectivity index (χ4v) is 3.24. The third-order valence-corrected chi connectivity index (χ3v) is 4.93. The summed E-state index contributed by atoms with van der Waals surface area (Å²) in [5.41, 5.74) is 0. The van der Waals surface area contributed by atoms with Gasteiger partial charge in [0.25, 0.3) is 0 Å². The molecule has 0 N–H and O–H groups in total. The van der Waals surface area contributed by atoms with Crippen LogP contribution in [0.1, 0.15) is 110 Å². The second-order valence-corrected chi connectivity index (χ2v) is 7.48. The number of ether oxygens (including phenoxy) is 1. The SMILES string of the molecule is C1CCOC1.CCCCCCCCCCCCCCC[CH2][Mg+].[Br-]. The van der Waals surface area contributed by atoms with E-state index < -0.39 is 0 Å². The molecule has 0 radical (unpaired) electrons. The van der Waals surface area contributed by atoms with Crippen molar-refractivity contribution in [2.45, 2.75) is 114 Å². The number of hydrogen-bond donors (Lipinski definition) is 0. The molecule has 0 bridgehead atoms. The zero-order chi connectivity index (χ0) is 16.1. The summed E-state index contributed by atoms with van der Waals surface area (Å²) in [4.78, 5) is 0. The van der Waals surface area contributed by atoms with Gasteiger partial charge < -0.3 is 21.7 Å². The predicted molar refractivity (Wildman–Crippen MR) is 101 cm³/mol. The van der Waals surface area contributed by atoms with E-state index in [9.17, 15) is 0 Å². The van der Waals surface area contributed by atoms with Gasteiger partial charge in [-0.05, 0) is 12.8 Å². The maximum atomic E-state index is 4.94. The van der Waals surface area contributed by atoms with Crippen molar-refractivity contribution in [1.29, 1.82) is 0 Å². The number of hydrogen-bond acceptors (Lipinski definition) is 1. The Hall–Kier alpha value is 1.21. The van der Waals surface area contributed by atoms with Crippen molar-refractivity contribution in [3.63, 3.8) is 0 Å². The van der Waals surface area contributed by atoms with Gasteiger partial charge in [0, 0.05) is 13.2 Å². The first-order valence-electron chi connectivity index (χ1n) is 10.3. The zero-order valence-electron chi connectivity index (χ0n) is 15.9. The summed E-state index contributed by atoms with van der Waals surface area (Å²) in [6.45, 7) is 4.29. The zero-order valence-corrected chi connectivity index (χ0v) is 18.9. The molecule has 0 aliphatic carbocycles. The molecule has 0 aromatic rings. The molecule has 0 aromatic heterocycles. The molecule has 1 aliphatic rings. The second-order valence-electron chi connectivity index (χ2n) is 6.77. The van der Waals surface area contributed by atoms with E-state index in [4.69, 9.17) is 4.74 Å². The van der Waals surface area contributed by atoms with Gasteiger partial charge >= 0.3 is 96.9 Å². The minimum Gasteiger partial charge on any atom is -1.00 e. The molecular weight excluding hydrogens is 360 g/mol. The monoisotopic (exact) mass is 400 g/mol. The first-order chi connectivity index (χ1) is 10.9. The molecule has 23 heavy (non-hydrogen) atoms. The smallest absolute Gasteiger partial charge is 1.00 e. The van der Waals surface area contributed by atoms with Crippen molar-refractivity contribution >= 4 is 21.7 Å². The average Bonchev–Trinajstić information content (AvgIpc) is 3.12. The molecular formula is C20H41BrMgO. The van der Waals surface area contributed by atoms with Crippen LogP contribution in [-0.4, -0.2) is 34.9 Å². The molecule has 1 saturated heterocycles. The Morgan fingerprint density at radius 3 is 1.22 bits per heavy atom. The Kier molecular flexibility index (Phi) is 29.2. The van der Waals surface area contributed by atoms with E-state index in [1.54, 1.807) is 0 Å². The third kappa shape index (κ3) is 25.6. The van der Waals surface area contributed by atoms with Gasteiger partial charge in [-0.15, -0.1) is 0 Å². The van der Waals surface area contributed by atoms with Gasteiger partial charge in [-0.3, -0.25) is 0 Å². The van der Waals surface area contributed by atoms with Crippen LogP contribution in [0.25, 0.3) is 0 Å². The summed E-state index contributed by atoms with van der Waals surface area (Å²) in [6.07, 6.45) is 23.1. The van der Waals surface area contributed by atoms with Crippen LogP contribution in [0.3, 0.4) is 0 Å². The quantitative estimate of drug-likeness (QED) is 0.317. The summed E-state index contributed by atoms with van der Waals surface area (Å²) < 4.78 is 6.35. The van der Waals surface area contributed by atoms with Crippen molar-refractivity contribution in [3.05, 3.63) is 0 Å². The molecule has 136 valence electrons. The summed E-state index contributed by atoms with van der Waals surface area (Å²) in [5.74, 6) is 0. The van der Waals surface area contributed by atoms with Crippen LogP contribution in [0.2, 0.25) is 4.55 Å². The van der Waals surface area contributed by atoms with E-state index >= 15 is 0 Å². The van der Waals surface area contributed by atoms with Gasteiger partial charge in [-0.2, -0.15) is 0 Å². The van der Waals surface area contributed by atoms with Crippen LogP contribution in [0.5, 0.6) is 0 Å². The summed E-state index contributed by atoms with van der Waals surface area (Å²) >= 11 is 2.12. The Bertz CT molecular complexity index is 165. The van der Waals surface area contributed by atoms with Gasteiger partial charge in [-0.25, -0.2) is 0 Å². The van der Waals surface area contributed by atoms with E-state index in [2.05, 4.69) is 28.6 Å².